The highest BCUT2D eigenvalue weighted by Crippen LogP contribution is 1.42. The monoisotopic (exact) mass is 152 g/mol. The largest absolute Gasteiger partial charge is 0.483 e. The van der Waals surface area contributed by atoms with Gasteiger partial charge in [0.05, 0.1) is 0 Å². The lowest BCUT2D eigenvalue weighted by Crippen LogP contribution is -1.78. The summed E-state index contributed by atoms with van der Waals surface area (Å²) in [6, 6.07) is 0. The van der Waals surface area contributed by atoms with Crippen molar-refractivity contribution < 1.29 is 29.7 Å². The van der Waals surface area contributed by atoms with Gasteiger partial charge in [-0.25, -0.2) is 0 Å². The van der Waals surface area contributed by atoms with Crippen LogP contribution in [0, 0.1) is 0 Å². The minimum atomic E-state index is -0.833. The molecule has 0 aliphatic rings. The Balaban J connectivity index is -0.0000000750. The van der Waals surface area contributed by atoms with Gasteiger partial charge in [-0.1, -0.05) is 0 Å². The Bertz CT molecular complexity index is 77.7. The number of rotatable bonds is 0. The van der Waals surface area contributed by atoms with E-state index in [4.69, 9.17) is 29.7 Å². The van der Waals surface area contributed by atoms with Crippen LogP contribution in [0.4, 0.5) is 0 Å². The van der Waals surface area contributed by atoms with Gasteiger partial charge in [0.15, 0.2) is 0 Å². The van der Waals surface area contributed by atoms with E-state index in [9.17, 15) is 0 Å². The molecule has 6 nitrogen and oxygen atoms in total. The van der Waals surface area contributed by atoms with Crippen LogP contribution in [0.15, 0.2) is 0 Å². The Morgan fingerprint density at radius 2 is 1.20 bits per heavy atom. The van der Waals surface area contributed by atoms with Gasteiger partial charge in [-0.05, 0) is 0 Å². The van der Waals surface area contributed by atoms with Crippen molar-refractivity contribution >= 4 is 18.9 Å². The SMILES string of the molecule is CC(=O)O.O=CO.O=CO. The van der Waals surface area contributed by atoms with Crippen molar-refractivity contribution in [3.8, 4) is 0 Å². The average Bonchev–Trinajstić information content (AvgIpc) is 1.65. The first-order valence-electron chi connectivity index (χ1n) is 1.92. The van der Waals surface area contributed by atoms with E-state index in [1.54, 1.807) is 0 Å². The van der Waals surface area contributed by atoms with Crippen LogP contribution in [0.3, 0.4) is 0 Å². The Kier molecular flexibility index (Phi) is 41.3. The van der Waals surface area contributed by atoms with Crippen molar-refractivity contribution in [2.24, 2.45) is 0 Å². The van der Waals surface area contributed by atoms with Crippen LogP contribution in [-0.2, 0) is 14.4 Å². The molecular weight excluding hydrogens is 144 g/mol. The first-order chi connectivity index (χ1) is 4.56. The molecule has 0 aliphatic carbocycles. The summed E-state index contributed by atoms with van der Waals surface area (Å²) in [4.78, 5) is 25.7. The van der Waals surface area contributed by atoms with Crippen LogP contribution in [0.25, 0.3) is 0 Å². The van der Waals surface area contributed by atoms with Crippen molar-refractivity contribution in [2.75, 3.05) is 0 Å². The highest BCUT2D eigenvalue weighted by Gasteiger charge is 1.65. The lowest BCUT2D eigenvalue weighted by atomic mass is 10.9. The molecule has 10 heavy (non-hydrogen) atoms. The van der Waals surface area contributed by atoms with Gasteiger partial charge in [0.25, 0.3) is 18.9 Å². The summed E-state index contributed by atoms with van der Waals surface area (Å²) in [5.74, 6) is -0.833. The number of carboxylic acid groups (broad SMARTS) is 3. The number of carbonyl (C=O) groups is 3. The molecule has 0 aromatic heterocycles. The Morgan fingerprint density at radius 3 is 1.20 bits per heavy atom. The van der Waals surface area contributed by atoms with E-state index in [-0.39, 0.29) is 12.9 Å². The molecule has 0 aromatic carbocycles. The highest BCUT2D eigenvalue weighted by molar-refractivity contribution is 5.62. The maximum Gasteiger partial charge on any atom is 0.300 e. The Hall–Kier alpha value is -1.59. The van der Waals surface area contributed by atoms with Crippen molar-refractivity contribution in [3.05, 3.63) is 0 Å². The molecule has 60 valence electrons. The standard InChI is InChI=1S/C2H4O2.2CH2O2/c1-2(3)4;2*2-1-3/h1H3,(H,3,4);2*1H,(H,2,3). The number of carboxylic acids is 1. The molecule has 0 heterocycles. The summed E-state index contributed by atoms with van der Waals surface area (Å²) >= 11 is 0. The molecule has 6 heteroatoms. The predicted molar refractivity (Wildman–Crippen MR) is 30.7 cm³/mol. The number of hydrogen-bond acceptors (Lipinski definition) is 3. The van der Waals surface area contributed by atoms with Crippen molar-refractivity contribution in [2.45, 2.75) is 6.92 Å². The van der Waals surface area contributed by atoms with Crippen LogP contribution in [-0.4, -0.2) is 34.2 Å². The summed E-state index contributed by atoms with van der Waals surface area (Å²) in [6.45, 7) is 0.583. The van der Waals surface area contributed by atoms with Crippen LogP contribution >= 0.6 is 0 Å². The topological polar surface area (TPSA) is 112 Å². The molecule has 0 fully saturated rings. The molecule has 0 saturated heterocycles. The number of aliphatic carboxylic acids is 1. The minimum Gasteiger partial charge on any atom is -0.483 e. The fourth-order valence-electron chi connectivity index (χ4n) is 0. The third-order valence-corrected chi connectivity index (χ3v) is 0. The van der Waals surface area contributed by atoms with E-state index >= 15 is 0 Å². The van der Waals surface area contributed by atoms with Gasteiger partial charge in [0, 0.05) is 6.92 Å². The molecule has 0 unspecified atom stereocenters. The van der Waals surface area contributed by atoms with E-state index < -0.39 is 5.97 Å². The zero-order valence-corrected chi connectivity index (χ0v) is 5.22. The van der Waals surface area contributed by atoms with Crippen LogP contribution in [0.1, 0.15) is 6.92 Å². The van der Waals surface area contributed by atoms with Crippen LogP contribution < -0.4 is 0 Å². The van der Waals surface area contributed by atoms with Crippen LogP contribution in [0.2, 0.25) is 0 Å². The quantitative estimate of drug-likeness (QED) is 0.403. The lowest BCUT2D eigenvalue weighted by molar-refractivity contribution is -0.134. The molecule has 0 amide bonds. The Labute approximate surface area is 56.7 Å². The first-order valence-corrected chi connectivity index (χ1v) is 1.92. The normalized spacial score (nSPS) is 4.90. The van der Waals surface area contributed by atoms with Gasteiger partial charge in [-0.15, -0.1) is 0 Å². The third kappa shape index (κ3) is 74.2. The van der Waals surface area contributed by atoms with E-state index in [0.717, 1.165) is 6.92 Å². The van der Waals surface area contributed by atoms with E-state index in [1.165, 1.54) is 0 Å². The fraction of sp³-hybridized carbons (Fsp3) is 0.250. The second-order valence-corrected chi connectivity index (χ2v) is 0.730. The van der Waals surface area contributed by atoms with Gasteiger partial charge in [0.2, 0.25) is 0 Å². The van der Waals surface area contributed by atoms with Gasteiger partial charge < -0.3 is 15.3 Å². The van der Waals surface area contributed by atoms with Crippen molar-refractivity contribution in [1.29, 1.82) is 0 Å². The molecule has 0 atom stereocenters. The highest BCUT2D eigenvalue weighted by atomic mass is 16.4. The summed E-state index contributed by atoms with van der Waals surface area (Å²) < 4.78 is 0. The van der Waals surface area contributed by atoms with E-state index in [1.807, 2.05) is 0 Å². The molecule has 3 N–H and O–H groups in total. The molecule has 0 aliphatic heterocycles. The van der Waals surface area contributed by atoms with Gasteiger partial charge in [-0.3, -0.25) is 14.4 Å². The molecule has 0 radical (unpaired) electrons. The van der Waals surface area contributed by atoms with E-state index in [2.05, 4.69) is 0 Å². The molecule has 0 bridgehead atoms. The predicted octanol–water partition coefficient (Wildman–Crippen LogP) is -0.508. The van der Waals surface area contributed by atoms with Gasteiger partial charge >= 0.3 is 0 Å². The number of hydrogen-bond donors (Lipinski definition) is 3. The lowest BCUT2D eigenvalue weighted by Gasteiger charge is -1.59. The molecule has 0 spiro atoms. The van der Waals surface area contributed by atoms with Crippen LogP contribution in [0.5, 0.6) is 0 Å². The summed E-state index contributed by atoms with van der Waals surface area (Å²) in [5.41, 5.74) is 0. The Morgan fingerprint density at radius 1 is 1.20 bits per heavy atom. The second kappa shape index (κ2) is 26.2. The minimum absolute atomic E-state index is 0.250. The zero-order valence-electron chi connectivity index (χ0n) is 5.22. The summed E-state index contributed by atoms with van der Waals surface area (Å²) in [6.07, 6.45) is 0. The maximum atomic E-state index is 9.00. The smallest absolute Gasteiger partial charge is 0.300 e. The van der Waals surface area contributed by atoms with Crippen molar-refractivity contribution in [1.82, 2.24) is 0 Å². The molecule has 0 rings (SSSR count). The molecular formula is C4H8O6. The molecule has 0 aromatic rings. The fourth-order valence-corrected chi connectivity index (χ4v) is 0. The zero-order chi connectivity index (χ0) is 8.99. The van der Waals surface area contributed by atoms with Gasteiger partial charge in [-0.2, -0.15) is 0 Å². The van der Waals surface area contributed by atoms with Gasteiger partial charge in [0.1, 0.15) is 0 Å². The maximum absolute atomic E-state index is 9.00. The second-order valence-electron chi connectivity index (χ2n) is 0.730. The summed E-state index contributed by atoms with van der Waals surface area (Å²) in [5, 5.41) is 21.2. The van der Waals surface area contributed by atoms with Crippen molar-refractivity contribution in [3.63, 3.8) is 0 Å². The first kappa shape index (κ1) is 15.8. The van der Waals surface area contributed by atoms with E-state index in [0.29, 0.717) is 0 Å². The third-order valence-electron chi connectivity index (χ3n) is 0. The average molecular weight is 152 g/mol. The summed E-state index contributed by atoms with van der Waals surface area (Å²) in [7, 11) is 0. The molecule has 0 saturated carbocycles.